The SMILES string of the molecule is COC(=O)c1ccccc1/C=N\NC(=O)COc1ccc(Cl)cc1Cl. The molecule has 0 unspecified atom stereocenters. The molecule has 0 saturated heterocycles. The Morgan fingerprint density at radius 1 is 1.20 bits per heavy atom. The number of hydrazone groups is 1. The second-order valence-electron chi connectivity index (χ2n) is 4.74. The van der Waals surface area contributed by atoms with Crippen LogP contribution in [0.25, 0.3) is 0 Å². The Kier molecular flexibility index (Phi) is 6.80. The maximum absolute atomic E-state index is 11.7. The molecule has 0 aromatic heterocycles. The highest BCUT2D eigenvalue weighted by molar-refractivity contribution is 6.35. The summed E-state index contributed by atoms with van der Waals surface area (Å²) >= 11 is 11.7. The molecule has 0 aliphatic rings. The van der Waals surface area contributed by atoms with E-state index in [1.165, 1.54) is 19.4 Å². The summed E-state index contributed by atoms with van der Waals surface area (Å²) in [6.45, 7) is -0.280. The number of hydrogen-bond acceptors (Lipinski definition) is 5. The lowest BCUT2D eigenvalue weighted by Crippen LogP contribution is -2.24. The molecule has 0 spiro atoms. The van der Waals surface area contributed by atoms with Crippen LogP contribution < -0.4 is 10.2 Å². The minimum atomic E-state index is -0.492. The van der Waals surface area contributed by atoms with E-state index in [4.69, 9.17) is 27.9 Å². The van der Waals surface area contributed by atoms with Crippen LogP contribution in [-0.4, -0.2) is 31.8 Å². The largest absolute Gasteiger partial charge is 0.482 e. The zero-order valence-electron chi connectivity index (χ0n) is 13.2. The van der Waals surface area contributed by atoms with E-state index in [-0.39, 0.29) is 6.61 Å². The topological polar surface area (TPSA) is 77.0 Å². The molecule has 8 heteroatoms. The van der Waals surface area contributed by atoms with Crippen molar-refractivity contribution in [3.63, 3.8) is 0 Å². The number of ether oxygens (including phenoxy) is 2. The highest BCUT2D eigenvalue weighted by atomic mass is 35.5. The van der Waals surface area contributed by atoms with Gasteiger partial charge in [0.25, 0.3) is 5.91 Å². The number of rotatable bonds is 6. The van der Waals surface area contributed by atoms with Crippen LogP contribution in [0.4, 0.5) is 0 Å². The second-order valence-corrected chi connectivity index (χ2v) is 5.58. The quantitative estimate of drug-likeness (QED) is 0.473. The van der Waals surface area contributed by atoms with Crippen LogP contribution in [0.3, 0.4) is 0 Å². The lowest BCUT2D eigenvalue weighted by Gasteiger charge is -2.07. The molecule has 6 nitrogen and oxygen atoms in total. The van der Waals surface area contributed by atoms with Gasteiger partial charge in [0, 0.05) is 10.6 Å². The molecule has 2 aromatic carbocycles. The number of carbonyl (C=O) groups excluding carboxylic acids is 2. The zero-order valence-corrected chi connectivity index (χ0v) is 14.7. The van der Waals surface area contributed by atoms with Crippen LogP contribution in [0.5, 0.6) is 5.75 Å². The smallest absolute Gasteiger partial charge is 0.338 e. The molecule has 2 aromatic rings. The van der Waals surface area contributed by atoms with E-state index in [1.54, 1.807) is 36.4 Å². The molecule has 25 heavy (non-hydrogen) atoms. The van der Waals surface area contributed by atoms with Gasteiger partial charge in [-0.25, -0.2) is 10.2 Å². The first-order chi connectivity index (χ1) is 12.0. The number of carbonyl (C=O) groups is 2. The fraction of sp³-hybridized carbons (Fsp3) is 0.118. The van der Waals surface area contributed by atoms with Gasteiger partial charge in [0.1, 0.15) is 5.75 Å². The Morgan fingerprint density at radius 3 is 2.68 bits per heavy atom. The summed E-state index contributed by atoms with van der Waals surface area (Å²) in [6, 6.07) is 11.4. The van der Waals surface area contributed by atoms with Gasteiger partial charge in [-0.2, -0.15) is 5.10 Å². The fourth-order valence-corrected chi connectivity index (χ4v) is 2.31. The second kappa shape index (κ2) is 9.05. The average Bonchev–Trinajstić information content (AvgIpc) is 2.60. The maximum Gasteiger partial charge on any atom is 0.338 e. The van der Waals surface area contributed by atoms with Gasteiger partial charge < -0.3 is 9.47 Å². The van der Waals surface area contributed by atoms with Crippen molar-refractivity contribution in [2.24, 2.45) is 5.10 Å². The number of esters is 1. The first-order valence-electron chi connectivity index (χ1n) is 7.08. The van der Waals surface area contributed by atoms with Gasteiger partial charge in [-0.15, -0.1) is 0 Å². The van der Waals surface area contributed by atoms with E-state index >= 15 is 0 Å². The highest BCUT2D eigenvalue weighted by Gasteiger charge is 2.09. The Hall–Kier alpha value is -2.57. The summed E-state index contributed by atoms with van der Waals surface area (Å²) < 4.78 is 9.97. The summed E-state index contributed by atoms with van der Waals surface area (Å²) in [5.74, 6) is -0.645. The molecule has 0 atom stereocenters. The lowest BCUT2D eigenvalue weighted by atomic mass is 10.1. The zero-order chi connectivity index (χ0) is 18.2. The summed E-state index contributed by atoms with van der Waals surface area (Å²) in [5.41, 5.74) is 3.15. The number of methoxy groups -OCH3 is 1. The first-order valence-corrected chi connectivity index (χ1v) is 7.84. The number of amides is 1. The molecular formula is C17H14Cl2N2O4. The summed E-state index contributed by atoms with van der Waals surface area (Å²) in [6.07, 6.45) is 1.35. The van der Waals surface area contributed by atoms with Crippen molar-refractivity contribution in [3.05, 3.63) is 63.6 Å². The summed E-state index contributed by atoms with van der Waals surface area (Å²) in [7, 11) is 1.29. The Balaban J connectivity index is 1.92. The van der Waals surface area contributed by atoms with Crippen molar-refractivity contribution >= 4 is 41.3 Å². The van der Waals surface area contributed by atoms with Gasteiger partial charge >= 0.3 is 5.97 Å². The van der Waals surface area contributed by atoms with E-state index in [1.807, 2.05) is 0 Å². The summed E-state index contributed by atoms with van der Waals surface area (Å²) in [5, 5.41) is 4.57. The number of nitrogens with zero attached hydrogens (tertiary/aromatic N) is 1. The number of benzene rings is 2. The van der Waals surface area contributed by atoms with Crippen LogP contribution >= 0.6 is 23.2 Å². The predicted molar refractivity (Wildman–Crippen MR) is 95.5 cm³/mol. The Labute approximate surface area is 154 Å². The van der Waals surface area contributed by atoms with Crippen LogP contribution in [0.2, 0.25) is 10.0 Å². The van der Waals surface area contributed by atoms with Gasteiger partial charge in [0.05, 0.1) is 23.9 Å². The minimum absolute atomic E-state index is 0.280. The molecule has 1 amide bonds. The number of halogens is 2. The van der Waals surface area contributed by atoms with Gasteiger partial charge in [-0.3, -0.25) is 4.79 Å². The number of hydrogen-bond donors (Lipinski definition) is 1. The highest BCUT2D eigenvalue weighted by Crippen LogP contribution is 2.27. The maximum atomic E-state index is 11.7. The van der Waals surface area contributed by atoms with E-state index in [0.717, 1.165) is 0 Å². The van der Waals surface area contributed by atoms with Gasteiger partial charge in [-0.1, -0.05) is 41.4 Å². The number of nitrogens with one attached hydrogen (secondary N) is 1. The Morgan fingerprint density at radius 2 is 1.96 bits per heavy atom. The van der Waals surface area contributed by atoms with E-state index in [2.05, 4.69) is 15.3 Å². The first kappa shape index (κ1) is 18.8. The molecule has 0 bridgehead atoms. The molecule has 1 N–H and O–H groups in total. The Bertz CT molecular complexity index is 809. The molecule has 130 valence electrons. The van der Waals surface area contributed by atoms with Crippen molar-refractivity contribution in [3.8, 4) is 5.75 Å². The molecular weight excluding hydrogens is 367 g/mol. The molecule has 0 aliphatic carbocycles. The third-order valence-electron chi connectivity index (χ3n) is 3.01. The predicted octanol–water partition coefficient (Wildman–Crippen LogP) is 3.31. The molecule has 0 aliphatic heterocycles. The van der Waals surface area contributed by atoms with E-state index in [9.17, 15) is 9.59 Å². The van der Waals surface area contributed by atoms with Crippen LogP contribution in [-0.2, 0) is 9.53 Å². The normalized spacial score (nSPS) is 10.5. The van der Waals surface area contributed by atoms with Gasteiger partial charge in [-0.05, 0) is 24.3 Å². The van der Waals surface area contributed by atoms with Crippen molar-refractivity contribution in [2.45, 2.75) is 0 Å². The standard InChI is InChI=1S/C17H14Cl2N2O4/c1-24-17(23)13-5-3-2-4-11(13)9-20-21-16(22)10-25-15-7-6-12(18)8-14(15)19/h2-9H,10H2,1H3,(H,21,22)/b20-9-. The fourth-order valence-electron chi connectivity index (χ4n) is 1.85. The molecule has 0 saturated carbocycles. The molecule has 0 heterocycles. The van der Waals surface area contributed by atoms with Gasteiger partial charge in [0.15, 0.2) is 6.61 Å². The van der Waals surface area contributed by atoms with Crippen molar-refractivity contribution in [1.29, 1.82) is 0 Å². The summed E-state index contributed by atoms with van der Waals surface area (Å²) in [4.78, 5) is 23.4. The van der Waals surface area contributed by atoms with Crippen molar-refractivity contribution in [1.82, 2.24) is 5.43 Å². The van der Waals surface area contributed by atoms with Crippen LogP contribution in [0.1, 0.15) is 15.9 Å². The van der Waals surface area contributed by atoms with Crippen LogP contribution in [0, 0.1) is 0 Å². The minimum Gasteiger partial charge on any atom is -0.482 e. The molecule has 0 radical (unpaired) electrons. The van der Waals surface area contributed by atoms with Gasteiger partial charge in [0.2, 0.25) is 0 Å². The van der Waals surface area contributed by atoms with E-state index in [0.29, 0.717) is 26.9 Å². The monoisotopic (exact) mass is 380 g/mol. The van der Waals surface area contributed by atoms with Crippen molar-refractivity contribution in [2.75, 3.05) is 13.7 Å². The van der Waals surface area contributed by atoms with Crippen molar-refractivity contribution < 1.29 is 19.1 Å². The lowest BCUT2D eigenvalue weighted by molar-refractivity contribution is -0.123. The third kappa shape index (κ3) is 5.48. The molecule has 2 rings (SSSR count). The average molecular weight is 381 g/mol. The van der Waals surface area contributed by atoms with Crippen LogP contribution in [0.15, 0.2) is 47.6 Å². The third-order valence-corrected chi connectivity index (χ3v) is 3.54. The molecule has 0 fully saturated rings. The van der Waals surface area contributed by atoms with E-state index < -0.39 is 11.9 Å².